The lowest BCUT2D eigenvalue weighted by Crippen LogP contribution is -2.16. The van der Waals surface area contributed by atoms with Gasteiger partial charge in [0.15, 0.2) is 0 Å². The molecule has 6 aromatic carbocycles. The van der Waals surface area contributed by atoms with Crippen molar-refractivity contribution >= 4 is 43.6 Å². The second-order valence-corrected chi connectivity index (χ2v) is 12.8. The van der Waals surface area contributed by atoms with Crippen molar-refractivity contribution in [3.05, 3.63) is 143 Å². The summed E-state index contributed by atoms with van der Waals surface area (Å²) in [5, 5.41) is 13.3. The summed E-state index contributed by atoms with van der Waals surface area (Å²) >= 11 is 0. The lowest BCUT2D eigenvalue weighted by atomic mass is 9.98. The fourth-order valence-corrected chi connectivity index (χ4v) is 7.19. The highest BCUT2D eigenvalue weighted by Gasteiger charge is 2.39. The predicted octanol–water partition coefficient (Wildman–Crippen LogP) is 11.7. The molecule has 0 amide bonds. The fourth-order valence-electron chi connectivity index (χ4n) is 7.19. The van der Waals surface area contributed by atoms with Gasteiger partial charge in [0.1, 0.15) is 5.56 Å². The fraction of sp³-hybridized carbons (Fsp3) is 0.119. The van der Waals surface area contributed by atoms with Gasteiger partial charge in [-0.2, -0.15) is 18.4 Å². The van der Waals surface area contributed by atoms with Crippen molar-refractivity contribution < 1.29 is 13.2 Å². The molecule has 8 rings (SSSR count). The summed E-state index contributed by atoms with van der Waals surface area (Å²) in [4.78, 5) is 0. The summed E-state index contributed by atoms with van der Waals surface area (Å²) in [7, 11) is 0. The second-order valence-electron chi connectivity index (χ2n) is 12.8. The highest BCUT2D eigenvalue weighted by Crippen LogP contribution is 2.46. The van der Waals surface area contributed by atoms with Crippen LogP contribution in [-0.4, -0.2) is 9.13 Å². The summed E-state index contributed by atoms with van der Waals surface area (Å²) in [6.07, 6.45) is -4.73. The van der Waals surface area contributed by atoms with Crippen molar-refractivity contribution in [1.82, 2.24) is 9.13 Å². The zero-order chi connectivity index (χ0) is 33.5. The van der Waals surface area contributed by atoms with E-state index in [1.165, 1.54) is 0 Å². The molecule has 0 aliphatic rings. The normalized spacial score (nSPS) is 12.0. The van der Waals surface area contributed by atoms with Gasteiger partial charge in [-0.05, 0) is 110 Å². The average molecular weight is 634 g/mol. The van der Waals surface area contributed by atoms with Gasteiger partial charge in [0, 0.05) is 21.5 Å². The molecule has 0 N–H and O–H groups in total. The van der Waals surface area contributed by atoms with E-state index in [0.29, 0.717) is 38.8 Å². The first-order chi connectivity index (χ1) is 23.0. The van der Waals surface area contributed by atoms with E-state index in [2.05, 4.69) is 6.07 Å². The van der Waals surface area contributed by atoms with E-state index >= 15 is 13.2 Å². The molecule has 48 heavy (non-hydrogen) atoms. The molecule has 0 fully saturated rings. The van der Waals surface area contributed by atoms with Gasteiger partial charge in [0.05, 0.1) is 45.1 Å². The van der Waals surface area contributed by atoms with Gasteiger partial charge in [0.2, 0.25) is 0 Å². The topological polar surface area (TPSA) is 33.6 Å². The monoisotopic (exact) mass is 633 g/mol. The molecule has 0 unspecified atom stereocenters. The molecule has 8 aromatic rings. The number of aromatic nitrogens is 2. The second kappa shape index (κ2) is 10.6. The number of hydrogen-bond donors (Lipinski definition) is 0. The Morgan fingerprint density at radius 2 is 0.896 bits per heavy atom. The van der Waals surface area contributed by atoms with Crippen LogP contribution in [0.15, 0.2) is 109 Å². The van der Waals surface area contributed by atoms with Crippen LogP contribution in [0.3, 0.4) is 0 Å². The van der Waals surface area contributed by atoms with E-state index < -0.39 is 11.7 Å². The first kappa shape index (κ1) is 29.6. The van der Waals surface area contributed by atoms with E-state index in [4.69, 9.17) is 0 Å². The molecule has 6 heteroatoms. The number of hydrogen-bond acceptors (Lipinski definition) is 1. The summed E-state index contributed by atoms with van der Waals surface area (Å²) in [5.41, 5.74) is 7.58. The SMILES string of the molecule is Cc1ccc2c3ccc(C)cc3n(-c3cc(-c4cccc(C#N)c4)cc(-n4c5cc(C)ccc5c5ccc(C)cc54)c3C(F)(F)F)c2c1. The summed E-state index contributed by atoms with van der Waals surface area (Å²) < 4.78 is 51.5. The van der Waals surface area contributed by atoms with Gasteiger partial charge in [-0.1, -0.05) is 60.7 Å². The first-order valence-electron chi connectivity index (χ1n) is 15.8. The largest absolute Gasteiger partial charge is 0.420 e. The maximum Gasteiger partial charge on any atom is 0.420 e. The molecular formula is C42H30F3N3. The molecule has 0 saturated carbocycles. The quantitative estimate of drug-likeness (QED) is 0.191. The van der Waals surface area contributed by atoms with Gasteiger partial charge < -0.3 is 9.13 Å². The van der Waals surface area contributed by atoms with E-state index in [-0.39, 0.29) is 11.4 Å². The third-order valence-electron chi connectivity index (χ3n) is 9.34. The zero-order valence-corrected chi connectivity index (χ0v) is 26.9. The van der Waals surface area contributed by atoms with Crippen LogP contribution in [0.4, 0.5) is 13.2 Å². The van der Waals surface area contributed by atoms with Crippen LogP contribution in [0.25, 0.3) is 66.1 Å². The Hall–Kier alpha value is -5.80. The minimum Gasteiger partial charge on any atom is -0.309 e. The predicted molar refractivity (Wildman–Crippen MR) is 189 cm³/mol. The van der Waals surface area contributed by atoms with Gasteiger partial charge in [-0.3, -0.25) is 0 Å². The molecular weight excluding hydrogens is 603 g/mol. The van der Waals surface area contributed by atoms with E-state index in [0.717, 1.165) is 43.8 Å². The molecule has 0 atom stereocenters. The summed E-state index contributed by atoms with van der Waals surface area (Å²) in [6.45, 7) is 7.81. The number of rotatable bonds is 3. The number of nitriles is 1. The van der Waals surface area contributed by atoms with Crippen LogP contribution in [-0.2, 0) is 6.18 Å². The smallest absolute Gasteiger partial charge is 0.309 e. The minimum absolute atomic E-state index is 0.0314. The Morgan fingerprint density at radius 3 is 1.25 bits per heavy atom. The highest BCUT2D eigenvalue weighted by molar-refractivity contribution is 6.11. The Balaban J connectivity index is 1.63. The molecule has 2 heterocycles. The molecule has 2 aromatic heterocycles. The summed E-state index contributed by atoms with van der Waals surface area (Å²) in [6, 6.07) is 36.3. The molecule has 0 bridgehead atoms. The van der Waals surface area contributed by atoms with Crippen LogP contribution >= 0.6 is 0 Å². The maximum absolute atomic E-state index is 16.0. The molecule has 0 spiro atoms. The molecule has 0 aliphatic heterocycles. The van der Waals surface area contributed by atoms with Gasteiger partial charge in [-0.25, -0.2) is 0 Å². The van der Waals surface area contributed by atoms with Gasteiger partial charge in [-0.15, -0.1) is 0 Å². The number of nitrogens with zero attached hydrogens (tertiary/aromatic N) is 3. The van der Waals surface area contributed by atoms with E-state index in [9.17, 15) is 5.26 Å². The highest BCUT2D eigenvalue weighted by atomic mass is 19.4. The number of benzene rings is 6. The first-order valence-corrected chi connectivity index (χ1v) is 15.8. The molecule has 0 radical (unpaired) electrons. The van der Waals surface area contributed by atoms with Crippen LogP contribution in [0.1, 0.15) is 33.4 Å². The van der Waals surface area contributed by atoms with E-state index in [1.807, 2.05) is 107 Å². The zero-order valence-electron chi connectivity index (χ0n) is 26.9. The standard InChI is InChI=1S/C42H30F3N3/c1-24-8-12-31-32-13-9-25(2)17-36(32)47(35(31)16-24)39-21-30(29-7-5-6-28(20-29)23-46)22-40(41(39)42(43,44)45)48-37-18-26(3)10-14-33(37)34-15-11-27(4)19-38(34)48/h5-22H,1-4H3. The van der Waals surface area contributed by atoms with Crippen molar-refractivity contribution in [1.29, 1.82) is 5.26 Å². The molecule has 0 aliphatic carbocycles. The third-order valence-corrected chi connectivity index (χ3v) is 9.34. The van der Waals surface area contributed by atoms with Gasteiger partial charge >= 0.3 is 6.18 Å². The van der Waals surface area contributed by atoms with Crippen LogP contribution in [0, 0.1) is 39.0 Å². The van der Waals surface area contributed by atoms with Crippen molar-refractivity contribution in [2.24, 2.45) is 0 Å². The van der Waals surface area contributed by atoms with E-state index in [1.54, 1.807) is 39.5 Å². The Kier molecular flexibility index (Phi) is 6.54. The number of aryl methyl sites for hydroxylation is 4. The number of alkyl halides is 3. The van der Waals surface area contributed by atoms with Crippen LogP contribution in [0.5, 0.6) is 0 Å². The Bertz CT molecular complexity index is 2400. The minimum atomic E-state index is -4.73. The lowest BCUT2D eigenvalue weighted by Gasteiger charge is -2.23. The van der Waals surface area contributed by atoms with Crippen LogP contribution < -0.4 is 0 Å². The van der Waals surface area contributed by atoms with Crippen LogP contribution in [0.2, 0.25) is 0 Å². The molecule has 234 valence electrons. The van der Waals surface area contributed by atoms with Gasteiger partial charge in [0.25, 0.3) is 0 Å². The molecule has 0 saturated heterocycles. The lowest BCUT2D eigenvalue weighted by molar-refractivity contribution is -0.137. The third kappa shape index (κ3) is 4.57. The van der Waals surface area contributed by atoms with Crippen molar-refractivity contribution in [3.8, 4) is 28.6 Å². The van der Waals surface area contributed by atoms with Crippen molar-refractivity contribution in [2.45, 2.75) is 33.9 Å². The Labute approximate surface area is 275 Å². The molecule has 3 nitrogen and oxygen atoms in total. The maximum atomic E-state index is 16.0. The number of halogens is 3. The van der Waals surface area contributed by atoms with Crippen molar-refractivity contribution in [3.63, 3.8) is 0 Å². The average Bonchev–Trinajstić information content (AvgIpc) is 3.53. The number of fused-ring (bicyclic) bond motifs is 6. The summed E-state index contributed by atoms with van der Waals surface area (Å²) in [5.74, 6) is 0. The Morgan fingerprint density at radius 1 is 0.500 bits per heavy atom. The van der Waals surface area contributed by atoms with Crippen molar-refractivity contribution in [2.75, 3.05) is 0 Å².